The number of cyclic esters (lactones) is 1. The highest BCUT2D eigenvalue weighted by Crippen LogP contribution is 2.11. The van der Waals surface area contributed by atoms with Gasteiger partial charge in [-0.25, -0.2) is 4.79 Å². The molecule has 0 aromatic carbocycles. The molecule has 1 atom stereocenters. The summed E-state index contributed by atoms with van der Waals surface area (Å²) in [6.45, 7) is 1.89. The second kappa shape index (κ2) is 6.38. The molecule has 3 heteroatoms. The topological polar surface area (TPSA) is 43.4 Å². The third-order valence-corrected chi connectivity index (χ3v) is 2.51. The van der Waals surface area contributed by atoms with Crippen LogP contribution in [0.15, 0.2) is 12.2 Å². The predicted octanol–water partition coefficient (Wildman–Crippen LogP) is 2.40. The van der Waals surface area contributed by atoms with Crippen LogP contribution in [0.1, 0.15) is 45.4 Å². The molecule has 0 aromatic rings. The molecular formula is C12H18O3. The Hall–Kier alpha value is -1.12. The number of allylic oxidation sites excluding steroid dienone is 1. The number of hydrogen-bond acceptors (Lipinski definition) is 3. The molecule has 0 saturated heterocycles. The van der Waals surface area contributed by atoms with Gasteiger partial charge in [0.1, 0.15) is 0 Å². The summed E-state index contributed by atoms with van der Waals surface area (Å²) < 4.78 is 5.09. The van der Waals surface area contributed by atoms with E-state index in [2.05, 4.69) is 0 Å². The highest BCUT2D eigenvalue weighted by molar-refractivity contribution is 5.95. The van der Waals surface area contributed by atoms with Crippen LogP contribution in [0.2, 0.25) is 0 Å². The number of carbonyl (C=O) groups is 2. The van der Waals surface area contributed by atoms with E-state index in [1.807, 2.05) is 6.92 Å². The molecule has 1 aliphatic heterocycles. The van der Waals surface area contributed by atoms with Gasteiger partial charge in [-0.1, -0.05) is 12.8 Å². The molecule has 1 aliphatic rings. The van der Waals surface area contributed by atoms with Crippen molar-refractivity contribution in [1.29, 1.82) is 0 Å². The van der Waals surface area contributed by atoms with Crippen molar-refractivity contribution in [3.63, 3.8) is 0 Å². The SMILES string of the molecule is CC1CCCCCCC(=O)C=CC(=O)O1. The van der Waals surface area contributed by atoms with Gasteiger partial charge in [0.05, 0.1) is 6.10 Å². The van der Waals surface area contributed by atoms with Crippen LogP contribution in [0.3, 0.4) is 0 Å². The Morgan fingerprint density at radius 1 is 1.13 bits per heavy atom. The summed E-state index contributed by atoms with van der Waals surface area (Å²) in [5.74, 6) is -0.392. The molecule has 0 saturated carbocycles. The van der Waals surface area contributed by atoms with Crippen LogP contribution in [0.5, 0.6) is 0 Å². The highest BCUT2D eigenvalue weighted by atomic mass is 16.5. The van der Waals surface area contributed by atoms with Gasteiger partial charge in [-0.2, -0.15) is 0 Å². The summed E-state index contributed by atoms with van der Waals surface area (Å²) in [5, 5.41) is 0. The van der Waals surface area contributed by atoms with Crippen LogP contribution in [0, 0.1) is 0 Å². The molecule has 0 aromatic heterocycles. The first-order chi connectivity index (χ1) is 7.18. The van der Waals surface area contributed by atoms with E-state index >= 15 is 0 Å². The summed E-state index contributed by atoms with van der Waals surface area (Å²) in [6.07, 6.45) is 8.15. The standard InChI is InChI=1S/C12H18O3/c1-10-6-4-2-3-5-7-11(13)8-9-12(14)15-10/h8-10H,2-7H2,1H3. The second-order valence-corrected chi connectivity index (χ2v) is 4.00. The van der Waals surface area contributed by atoms with Crippen LogP contribution in [0.4, 0.5) is 0 Å². The first kappa shape index (κ1) is 12.0. The summed E-state index contributed by atoms with van der Waals surface area (Å²) in [5.41, 5.74) is 0. The molecule has 1 heterocycles. The van der Waals surface area contributed by atoms with Gasteiger partial charge in [0, 0.05) is 12.5 Å². The van der Waals surface area contributed by atoms with Gasteiger partial charge >= 0.3 is 5.97 Å². The molecule has 1 rings (SSSR count). The van der Waals surface area contributed by atoms with Gasteiger partial charge in [-0.3, -0.25) is 4.79 Å². The monoisotopic (exact) mass is 210 g/mol. The van der Waals surface area contributed by atoms with Crippen molar-refractivity contribution < 1.29 is 14.3 Å². The number of hydrogen-bond donors (Lipinski definition) is 0. The Balaban J connectivity index is 2.52. The zero-order valence-electron chi connectivity index (χ0n) is 9.20. The zero-order valence-corrected chi connectivity index (χ0v) is 9.20. The Morgan fingerprint density at radius 3 is 2.67 bits per heavy atom. The molecule has 0 radical (unpaired) electrons. The number of rotatable bonds is 0. The molecule has 1 unspecified atom stereocenters. The molecular weight excluding hydrogens is 192 g/mol. The molecule has 3 nitrogen and oxygen atoms in total. The molecule has 15 heavy (non-hydrogen) atoms. The second-order valence-electron chi connectivity index (χ2n) is 4.00. The van der Waals surface area contributed by atoms with Gasteiger partial charge in [0.2, 0.25) is 0 Å². The highest BCUT2D eigenvalue weighted by Gasteiger charge is 2.08. The Labute approximate surface area is 90.5 Å². The summed E-state index contributed by atoms with van der Waals surface area (Å²) in [7, 11) is 0. The fourth-order valence-corrected chi connectivity index (χ4v) is 1.63. The fourth-order valence-electron chi connectivity index (χ4n) is 1.63. The van der Waals surface area contributed by atoms with E-state index in [4.69, 9.17) is 4.74 Å². The van der Waals surface area contributed by atoms with Crippen LogP contribution in [-0.4, -0.2) is 17.9 Å². The van der Waals surface area contributed by atoms with E-state index < -0.39 is 5.97 Å². The van der Waals surface area contributed by atoms with Crippen LogP contribution in [-0.2, 0) is 14.3 Å². The van der Waals surface area contributed by atoms with E-state index in [9.17, 15) is 9.59 Å². The Bertz CT molecular complexity index is 256. The number of ketones is 1. The molecule has 84 valence electrons. The molecule has 0 amide bonds. The lowest BCUT2D eigenvalue weighted by atomic mass is 10.1. The maximum atomic E-state index is 11.2. The van der Waals surface area contributed by atoms with Crippen molar-refractivity contribution in [2.75, 3.05) is 0 Å². The van der Waals surface area contributed by atoms with Crippen molar-refractivity contribution in [2.24, 2.45) is 0 Å². The lowest BCUT2D eigenvalue weighted by molar-refractivity contribution is -0.142. The molecule has 0 aliphatic carbocycles. The van der Waals surface area contributed by atoms with Crippen LogP contribution < -0.4 is 0 Å². The van der Waals surface area contributed by atoms with E-state index in [1.165, 1.54) is 12.2 Å². The third-order valence-electron chi connectivity index (χ3n) is 2.51. The Kier molecular flexibility index (Phi) is 5.08. The lowest BCUT2D eigenvalue weighted by Crippen LogP contribution is -2.13. The van der Waals surface area contributed by atoms with E-state index in [-0.39, 0.29) is 11.9 Å². The number of ether oxygens (including phenoxy) is 1. The number of carbonyl (C=O) groups excluding carboxylic acids is 2. The van der Waals surface area contributed by atoms with E-state index in [0.29, 0.717) is 6.42 Å². The molecule has 0 spiro atoms. The largest absolute Gasteiger partial charge is 0.460 e. The van der Waals surface area contributed by atoms with E-state index in [0.717, 1.165) is 32.1 Å². The van der Waals surface area contributed by atoms with Crippen LogP contribution in [0.25, 0.3) is 0 Å². The molecule has 0 fully saturated rings. The average molecular weight is 210 g/mol. The van der Waals surface area contributed by atoms with Crippen molar-refractivity contribution in [3.05, 3.63) is 12.2 Å². The van der Waals surface area contributed by atoms with Crippen molar-refractivity contribution in [1.82, 2.24) is 0 Å². The normalized spacial score (nSPS) is 25.3. The zero-order chi connectivity index (χ0) is 11.1. The maximum Gasteiger partial charge on any atom is 0.331 e. The third kappa shape index (κ3) is 5.35. The predicted molar refractivity (Wildman–Crippen MR) is 57.4 cm³/mol. The van der Waals surface area contributed by atoms with Crippen LogP contribution >= 0.6 is 0 Å². The van der Waals surface area contributed by atoms with Crippen molar-refractivity contribution >= 4 is 11.8 Å². The Morgan fingerprint density at radius 2 is 1.87 bits per heavy atom. The van der Waals surface area contributed by atoms with Gasteiger partial charge in [-0.15, -0.1) is 0 Å². The fraction of sp³-hybridized carbons (Fsp3) is 0.667. The first-order valence-corrected chi connectivity index (χ1v) is 5.60. The average Bonchev–Trinajstić information content (AvgIpc) is 2.18. The smallest absolute Gasteiger partial charge is 0.331 e. The van der Waals surface area contributed by atoms with Crippen molar-refractivity contribution in [3.8, 4) is 0 Å². The van der Waals surface area contributed by atoms with Gasteiger partial charge in [0.15, 0.2) is 5.78 Å². The van der Waals surface area contributed by atoms with Crippen molar-refractivity contribution in [2.45, 2.75) is 51.6 Å². The first-order valence-electron chi connectivity index (χ1n) is 5.60. The lowest BCUT2D eigenvalue weighted by Gasteiger charge is -2.12. The maximum absolute atomic E-state index is 11.2. The van der Waals surface area contributed by atoms with E-state index in [1.54, 1.807) is 0 Å². The molecule has 0 N–H and O–H groups in total. The van der Waals surface area contributed by atoms with Gasteiger partial charge < -0.3 is 4.74 Å². The minimum absolute atomic E-state index is 0.0141. The summed E-state index contributed by atoms with van der Waals surface area (Å²) in [4.78, 5) is 22.4. The minimum Gasteiger partial charge on any atom is -0.460 e. The number of esters is 1. The quantitative estimate of drug-likeness (QED) is 0.576. The minimum atomic E-state index is -0.406. The summed E-state index contributed by atoms with van der Waals surface area (Å²) >= 11 is 0. The van der Waals surface area contributed by atoms with Gasteiger partial charge in [-0.05, 0) is 32.3 Å². The molecule has 0 bridgehead atoms. The summed E-state index contributed by atoms with van der Waals surface area (Å²) in [6, 6.07) is 0. The van der Waals surface area contributed by atoms with Gasteiger partial charge in [0.25, 0.3) is 0 Å².